The molecule has 2 aromatic heterocycles. The molecule has 1 saturated heterocycles. The lowest BCUT2D eigenvalue weighted by Gasteiger charge is -2.33. The van der Waals surface area contributed by atoms with E-state index in [1.165, 1.54) is 11.1 Å². The minimum absolute atomic E-state index is 0.113. The highest BCUT2D eigenvalue weighted by atomic mass is 35.5. The summed E-state index contributed by atoms with van der Waals surface area (Å²) in [5, 5.41) is 5.63. The van der Waals surface area contributed by atoms with Crippen LogP contribution in [-0.2, 0) is 11.3 Å². The maximum absolute atomic E-state index is 12.2. The molecule has 0 saturated carbocycles. The Hall–Kier alpha value is -1.18. The first-order valence-electron chi connectivity index (χ1n) is 7.68. The van der Waals surface area contributed by atoms with Gasteiger partial charge in [-0.25, -0.2) is 4.98 Å². The molecule has 3 heterocycles. The lowest BCUT2D eigenvalue weighted by atomic mass is 10.3. The van der Waals surface area contributed by atoms with Gasteiger partial charge in [0.05, 0.1) is 16.6 Å². The van der Waals surface area contributed by atoms with Gasteiger partial charge >= 0.3 is 0 Å². The summed E-state index contributed by atoms with van der Waals surface area (Å²) >= 11 is 13.6. The van der Waals surface area contributed by atoms with Crippen molar-refractivity contribution in [2.24, 2.45) is 0 Å². The molecular weight excluding hydrogens is 367 g/mol. The van der Waals surface area contributed by atoms with E-state index in [0.29, 0.717) is 22.4 Å². The van der Waals surface area contributed by atoms with Crippen molar-refractivity contribution in [3.8, 4) is 0 Å². The molecule has 0 spiro atoms. The van der Waals surface area contributed by atoms with E-state index in [2.05, 4.69) is 37.6 Å². The Morgan fingerprint density at radius 2 is 2.00 bits per heavy atom. The molecule has 1 fully saturated rings. The van der Waals surface area contributed by atoms with Crippen molar-refractivity contribution < 1.29 is 4.79 Å². The molecule has 1 aliphatic heterocycles. The summed E-state index contributed by atoms with van der Waals surface area (Å²) in [5.74, 6) is 0.237. The van der Waals surface area contributed by atoms with Gasteiger partial charge in [-0.05, 0) is 17.5 Å². The molecule has 0 unspecified atom stereocenters. The Bertz CT molecular complexity index is 687. The van der Waals surface area contributed by atoms with Crippen LogP contribution in [0.5, 0.6) is 0 Å². The summed E-state index contributed by atoms with van der Waals surface area (Å²) in [7, 11) is 0. The van der Waals surface area contributed by atoms with Gasteiger partial charge in [0, 0.05) is 43.8 Å². The molecule has 0 bridgehead atoms. The van der Waals surface area contributed by atoms with Crippen LogP contribution in [0, 0.1) is 0 Å². The smallest absolute Gasteiger partial charge is 0.239 e. The van der Waals surface area contributed by atoms with Crippen LogP contribution >= 0.6 is 34.5 Å². The number of amides is 1. The minimum Gasteiger partial charge on any atom is -0.308 e. The average Bonchev–Trinajstić information content (AvgIpc) is 3.05. The average molecular weight is 385 g/mol. The van der Waals surface area contributed by atoms with Crippen molar-refractivity contribution in [3.63, 3.8) is 0 Å². The topological polar surface area (TPSA) is 48.5 Å². The number of carbonyl (C=O) groups is 1. The van der Waals surface area contributed by atoms with Gasteiger partial charge < -0.3 is 5.32 Å². The van der Waals surface area contributed by atoms with Crippen LogP contribution in [-0.4, -0.2) is 53.4 Å². The third-order valence-corrected chi connectivity index (χ3v) is 5.21. The van der Waals surface area contributed by atoms with Crippen LogP contribution < -0.4 is 5.32 Å². The van der Waals surface area contributed by atoms with Gasteiger partial charge in [0.2, 0.25) is 5.91 Å². The molecule has 24 heavy (non-hydrogen) atoms. The zero-order valence-electron chi connectivity index (χ0n) is 13.0. The predicted molar refractivity (Wildman–Crippen MR) is 98.9 cm³/mol. The number of anilines is 1. The number of aromatic nitrogens is 1. The first-order chi connectivity index (χ1) is 11.6. The Labute approximate surface area is 155 Å². The van der Waals surface area contributed by atoms with Crippen molar-refractivity contribution in [1.29, 1.82) is 0 Å². The molecular formula is C16H18Cl2N4OS. The second-order valence-electron chi connectivity index (χ2n) is 5.66. The van der Waals surface area contributed by atoms with Crippen LogP contribution in [0.4, 0.5) is 5.82 Å². The number of rotatable bonds is 5. The lowest BCUT2D eigenvalue weighted by Crippen LogP contribution is -2.48. The van der Waals surface area contributed by atoms with Gasteiger partial charge in [-0.3, -0.25) is 14.6 Å². The molecule has 0 radical (unpaired) electrons. The SMILES string of the molecule is O=C(CN1CCN(Cc2cccs2)CC1)Nc1ncc(Cl)cc1Cl. The van der Waals surface area contributed by atoms with E-state index < -0.39 is 0 Å². The molecule has 0 aliphatic carbocycles. The molecule has 1 aliphatic rings. The summed E-state index contributed by atoms with van der Waals surface area (Å²) in [6, 6.07) is 5.80. The Morgan fingerprint density at radius 1 is 1.25 bits per heavy atom. The van der Waals surface area contributed by atoms with E-state index in [9.17, 15) is 4.79 Å². The van der Waals surface area contributed by atoms with E-state index in [1.54, 1.807) is 17.4 Å². The Kier molecular flexibility index (Phi) is 6.08. The number of halogens is 2. The summed E-state index contributed by atoms with van der Waals surface area (Å²) < 4.78 is 0. The fraction of sp³-hybridized carbons (Fsp3) is 0.375. The molecule has 0 atom stereocenters. The highest BCUT2D eigenvalue weighted by Gasteiger charge is 2.19. The van der Waals surface area contributed by atoms with Gasteiger partial charge in [0.25, 0.3) is 0 Å². The van der Waals surface area contributed by atoms with E-state index in [-0.39, 0.29) is 5.91 Å². The standard InChI is InChI=1S/C16H18Cl2N4OS/c17-12-8-14(18)16(19-9-12)20-15(23)11-22-5-3-21(4-6-22)10-13-2-1-7-24-13/h1-2,7-9H,3-6,10-11H2,(H,19,20,23). The van der Waals surface area contributed by atoms with Crippen LogP contribution in [0.1, 0.15) is 4.88 Å². The third kappa shape index (κ3) is 4.91. The third-order valence-electron chi connectivity index (χ3n) is 3.86. The molecule has 0 aromatic carbocycles. The maximum Gasteiger partial charge on any atom is 0.239 e. The first kappa shape index (κ1) is 17.6. The predicted octanol–water partition coefficient (Wildman–Crippen LogP) is 3.21. The van der Waals surface area contributed by atoms with E-state index in [1.807, 2.05) is 0 Å². The van der Waals surface area contributed by atoms with Crippen molar-refractivity contribution in [2.45, 2.75) is 6.54 Å². The summed E-state index contributed by atoms with van der Waals surface area (Å²) in [5.41, 5.74) is 0. The Morgan fingerprint density at radius 3 is 2.67 bits per heavy atom. The number of nitrogens with one attached hydrogen (secondary N) is 1. The van der Waals surface area contributed by atoms with Crippen molar-refractivity contribution >= 4 is 46.3 Å². The van der Waals surface area contributed by atoms with Gasteiger partial charge in [-0.15, -0.1) is 11.3 Å². The van der Waals surface area contributed by atoms with Crippen molar-refractivity contribution in [1.82, 2.24) is 14.8 Å². The number of thiophene rings is 1. The molecule has 1 N–H and O–H groups in total. The molecule has 2 aromatic rings. The van der Waals surface area contributed by atoms with E-state index in [4.69, 9.17) is 23.2 Å². The highest BCUT2D eigenvalue weighted by molar-refractivity contribution is 7.09. The van der Waals surface area contributed by atoms with Gasteiger partial charge in [0.1, 0.15) is 0 Å². The fourth-order valence-corrected chi connectivity index (χ4v) is 3.78. The number of piperazine rings is 1. The second kappa shape index (κ2) is 8.27. The zero-order chi connectivity index (χ0) is 16.9. The van der Waals surface area contributed by atoms with Gasteiger partial charge in [-0.1, -0.05) is 29.3 Å². The monoisotopic (exact) mass is 384 g/mol. The van der Waals surface area contributed by atoms with Gasteiger partial charge in [-0.2, -0.15) is 0 Å². The van der Waals surface area contributed by atoms with Crippen LogP contribution in [0.25, 0.3) is 0 Å². The molecule has 1 amide bonds. The van der Waals surface area contributed by atoms with E-state index in [0.717, 1.165) is 32.7 Å². The lowest BCUT2D eigenvalue weighted by molar-refractivity contribution is -0.117. The van der Waals surface area contributed by atoms with E-state index >= 15 is 0 Å². The largest absolute Gasteiger partial charge is 0.308 e. The summed E-state index contributed by atoms with van der Waals surface area (Å²) in [4.78, 5) is 22.1. The van der Waals surface area contributed by atoms with Gasteiger partial charge in [0.15, 0.2) is 5.82 Å². The van der Waals surface area contributed by atoms with Crippen molar-refractivity contribution in [2.75, 3.05) is 38.0 Å². The molecule has 5 nitrogen and oxygen atoms in total. The Balaban J connectivity index is 1.44. The number of carbonyl (C=O) groups excluding carboxylic acids is 1. The number of hydrogen-bond acceptors (Lipinski definition) is 5. The number of pyridine rings is 1. The van der Waals surface area contributed by atoms with Crippen molar-refractivity contribution in [3.05, 3.63) is 44.7 Å². The fourth-order valence-electron chi connectivity index (χ4n) is 2.61. The second-order valence-corrected chi connectivity index (χ2v) is 7.54. The van der Waals surface area contributed by atoms with Crippen LogP contribution in [0.15, 0.2) is 29.8 Å². The number of hydrogen-bond donors (Lipinski definition) is 1. The zero-order valence-corrected chi connectivity index (χ0v) is 15.4. The molecule has 3 rings (SSSR count). The quantitative estimate of drug-likeness (QED) is 0.859. The highest BCUT2D eigenvalue weighted by Crippen LogP contribution is 2.22. The molecule has 8 heteroatoms. The molecule has 128 valence electrons. The first-order valence-corrected chi connectivity index (χ1v) is 9.32. The number of nitrogens with zero attached hydrogens (tertiary/aromatic N) is 3. The van der Waals surface area contributed by atoms with Crippen LogP contribution in [0.3, 0.4) is 0 Å². The van der Waals surface area contributed by atoms with Crippen LogP contribution in [0.2, 0.25) is 10.0 Å². The summed E-state index contributed by atoms with van der Waals surface area (Å²) in [6.07, 6.45) is 1.46. The summed E-state index contributed by atoms with van der Waals surface area (Å²) in [6.45, 7) is 5.01. The normalized spacial score (nSPS) is 16.2. The maximum atomic E-state index is 12.2. The minimum atomic E-state index is -0.113.